The van der Waals surface area contributed by atoms with E-state index in [0.717, 1.165) is 11.3 Å². The summed E-state index contributed by atoms with van der Waals surface area (Å²) in [4.78, 5) is 0. The second-order valence-corrected chi connectivity index (χ2v) is 2.88. The van der Waals surface area contributed by atoms with E-state index in [9.17, 15) is 4.57 Å². The molecule has 0 unspecified atom stereocenters. The Balaban J connectivity index is 2.58. The average Bonchev–Trinajstić information content (AvgIpc) is 2.19. The molecule has 0 radical (unpaired) electrons. The van der Waals surface area contributed by atoms with E-state index < -0.39 is 0 Å². The molecule has 0 spiro atoms. The molecule has 70 valence electrons. The minimum Gasteiger partial charge on any atom is -0.496 e. The lowest BCUT2D eigenvalue weighted by atomic mass is 10.1. The zero-order valence-corrected chi connectivity index (χ0v) is 8.29. The van der Waals surface area contributed by atoms with Crippen molar-refractivity contribution in [2.75, 3.05) is 13.7 Å². The molecule has 0 bridgehead atoms. The highest BCUT2D eigenvalue weighted by molar-refractivity contribution is 7.17. The lowest BCUT2D eigenvalue weighted by Crippen LogP contribution is -1.95. The summed E-state index contributed by atoms with van der Waals surface area (Å²) < 4.78 is 19.8. The maximum atomic E-state index is 9.99. The molecule has 1 aromatic rings. The van der Waals surface area contributed by atoms with Crippen LogP contribution >= 0.6 is 8.69 Å². The first kappa shape index (κ1) is 10.2. The Kier molecular flexibility index (Phi) is 4.44. The number of methoxy groups -OCH3 is 1. The Morgan fingerprint density at radius 2 is 2.15 bits per heavy atom. The first-order chi connectivity index (χ1) is 6.38. The monoisotopic (exact) mass is 198 g/mol. The van der Waals surface area contributed by atoms with Crippen LogP contribution in [0.5, 0.6) is 5.75 Å². The number of hydrogen-bond acceptors (Lipinski definition) is 3. The molecule has 3 nitrogen and oxygen atoms in total. The van der Waals surface area contributed by atoms with Gasteiger partial charge in [0.05, 0.1) is 13.7 Å². The lowest BCUT2D eigenvalue weighted by Gasteiger charge is -2.05. The SMILES string of the molecule is COc1ccccc1CCOP=O. The molecule has 0 fully saturated rings. The van der Waals surface area contributed by atoms with E-state index >= 15 is 0 Å². The van der Waals surface area contributed by atoms with Crippen LogP contribution in [0.4, 0.5) is 0 Å². The molecule has 0 saturated heterocycles. The summed E-state index contributed by atoms with van der Waals surface area (Å²) in [6.45, 7) is 0.436. The van der Waals surface area contributed by atoms with Crippen LogP contribution in [-0.2, 0) is 15.5 Å². The van der Waals surface area contributed by atoms with Crippen LogP contribution < -0.4 is 4.74 Å². The smallest absolute Gasteiger partial charge is 0.327 e. The Hall–Kier alpha value is -0.920. The van der Waals surface area contributed by atoms with Gasteiger partial charge in [0.2, 0.25) is 0 Å². The van der Waals surface area contributed by atoms with E-state index in [4.69, 9.17) is 9.26 Å². The lowest BCUT2D eigenvalue weighted by molar-refractivity contribution is 0.342. The average molecular weight is 198 g/mol. The Morgan fingerprint density at radius 3 is 2.85 bits per heavy atom. The van der Waals surface area contributed by atoms with Gasteiger partial charge in [0.25, 0.3) is 0 Å². The summed E-state index contributed by atoms with van der Waals surface area (Å²) in [6, 6.07) is 7.70. The van der Waals surface area contributed by atoms with Crippen LogP contribution in [0.1, 0.15) is 5.56 Å². The molecule has 0 atom stereocenters. The molecule has 0 amide bonds. The van der Waals surface area contributed by atoms with Gasteiger partial charge in [-0.05, 0) is 11.6 Å². The predicted octanol–water partition coefficient (Wildman–Crippen LogP) is 2.46. The molecule has 4 heteroatoms. The third-order valence-corrected chi connectivity index (χ3v) is 2.00. The minimum atomic E-state index is -0.270. The Morgan fingerprint density at radius 1 is 1.38 bits per heavy atom. The number of benzene rings is 1. The van der Waals surface area contributed by atoms with E-state index in [1.54, 1.807) is 7.11 Å². The molecular weight excluding hydrogens is 187 g/mol. The van der Waals surface area contributed by atoms with Gasteiger partial charge >= 0.3 is 8.69 Å². The highest BCUT2D eigenvalue weighted by Gasteiger charge is 2.00. The topological polar surface area (TPSA) is 35.5 Å². The van der Waals surface area contributed by atoms with Crippen molar-refractivity contribution in [1.29, 1.82) is 0 Å². The summed E-state index contributed by atoms with van der Waals surface area (Å²) in [6.07, 6.45) is 0.708. The zero-order chi connectivity index (χ0) is 9.52. The Bertz CT molecular complexity index is 275. The second-order valence-electron chi connectivity index (χ2n) is 2.47. The van der Waals surface area contributed by atoms with Crippen molar-refractivity contribution in [3.63, 3.8) is 0 Å². The van der Waals surface area contributed by atoms with Crippen molar-refractivity contribution >= 4 is 8.69 Å². The molecular formula is C9H11O3P. The number of para-hydroxylation sites is 1. The molecule has 1 rings (SSSR count). The zero-order valence-electron chi connectivity index (χ0n) is 7.40. The van der Waals surface area contributed by atoms with Gasteiger partial charge < -0.3 is 4.74 Å². The summed E-state index contributed by atoms with van der Waals surface area (Å²) in [5.74, 6) is 0.841. The molecule has 0 aromatic heterocycles. The second kappa shape index (κ2) is 5.68. The van der Waals surface area contributed by atoms with Crippen LogP contribution in [0.25, 0.3) is 0 Å². The summed E-state index contributed by atoms with van der Waals surface area (Å²) in [5, 5.41) is 0. The fourth-order valence-corrected chi connectivity index (χ4v) is 1.27. The van der Waals surface area contributed by atoms with E-state index in [1.165, 1.54) is 0 Å². The third-order valence-electron chi connectivity index (χ3n) is 1.71. The van der Waals surface area contributed by atoms with Crippen LogP contribution in [0.2, 0.25) is 0 Å². The molecule has 0 heterocycles. The molecule has 0 aliphatic rings. The molecule has 1 aromatic carbocycles. The third kappa shape index (κ3) is 3.13. The summed E-state index contributed by atoms with van der Waals surface area (Å²) >= 11 is 0. The Labute approximate surface area is 79.0 Å². The van der Waals surface area contributed by atoms with Crippen molar-refractivity contribution in [2.24, 2.45) is 0 Å². The largest absolute Gasteiger partial charge is 0.496 e. The van der Waals surface area contributed by atoms with Gasteiger partial charge in [-0.2, -0.15) is 0 Å². The van der Waals surface area contributed by atoms with E-state index in [1.807, 2.05) is 24.3 Å². The van der Waals surface area contributed by atoms with Crippen LogP contribution in [0.3, 0.4) is 0 Å². The molecule has 0 N–H and O–H groups in total. The fourth-order valence-electron chi connectivity index (χ4n) is 1.10. The minimum absolute atomic E-state index is 0.270. The number of rotatable bonds is 5. The quantitative estimate of drug-likeness (QED) is 0.538. The maximum Gasteiger partial charge on any atom is 0.327 e. The van der Waals surface area contributed by atoms with Crippen LogP contribution in [0, 0.1) is 0 Å². The molecule has 13 heavy (non-hydrogen) atoms. The highest BCUT2D eigenvalue weighted by Crippen LogP contribution is 2.17. The predicted molar refractivity (Wildman–Crippen MR) is 50.3 cm³/mol. The first-order valence-corrected chi connectivity index (χ1v) is 4.68. The summed E-state index contributed by atoms with van der Waals surface area (Å²) in [7, 11) is 1.36. The number of ether oxygens (including phenoxy) is 1. The van der Waals surface area contributed by atoms with E-state index in [0.29, 0.717) is 13.0 Å². The van der Waals surface area contributed by atoms with Crippen molar-refractivity contribution in [1.82, 2.24) is 0 Å². The van der Waals surface area contributed by atoms with Gasteiger partial charge in [-0.3, -0.25) is 4.52 Å². The first-order valence-electron chi connectivity index (χ1n) is 3.95. The van der Waals surface area contributed by atoms with Crippen molar-refractivity contribution < 1.29 is 13.8 Å². The molecule has 0 aliphatic carbocycles. The van der Waals surface area contributed by atoms with Gasteiger partial charge in [0.15, 0.2) is 0 Å². The van der Waals surface area contributed by atoms with Crippen LogP contribution in [0.15, 0.2) is 24.3 Å². The van der Waals surface area contributed by atoms with Crippen molar-refractivity contribution in [3.8, 4) is 5.75 Å². The summed E-state index contributed by atoms with van der Waals surface area (Å²) in [5.41, 5.74) is 1.06. The standard InChI is InChI=1S/C9H11O3P/c1-11-9-5-3-2-4-8(9)6-7-12-13-10/h2-5H,6-7H2,1H3. The van der Waals surface area contributed by atoms with Crippen molar-refractivity contribution in [2.45, 2.75) is 6.42 Å². The van der Waals surface area contributed by atoms with E-state index in [-0.39, 0.29) is 8.69 Å². The maximum absolute atomic E-state index is 9.99. The van der Waals surface area contributed by atoms with E-state index in [2.05, 4.69) is 0 Å². The van der Waals surface area contributed by atoms with Crippen molar-refractivity contribution in [3.05, 3.63) is 29.8 Å². The van der Waals surface area contributed by atoms with Gasteiger partial charge in [-0.1, -0.05) is 18.2 Å². The molecule has 0 aliphatic heterocycles. The molecule has 0 saturated carbocycles. The van der Waals surface area contributed by atoms with Gasteiger partial charge in [0.1, 0.15) is 5.75 Å². The number of hydrogen-bond donors (Lipinski definition) is 0. The highest BCUT2D eigenvalue weighted by atomic mass is 31.1. The fraction of sp³-hybridized carbons (Fsp3) is 0.333. The normalized spacial score (nSPS) is 10.2. The van der Waals surface area contributed by atoms with Crippen LogP contribution in [-0.4, -0.2) is 13.7 Å². The van der Waals surface area contributed by atoms with Gasteiger partial charge in [-0.25, -0.2) is 4.57 Å². The van der Waals surface area contributed by atoms with Gasteiger partial charge in [-0.15, -0.1) is 0 Å². The van der Waals surface area contributed by atoms with Gasteiger partial charge in [0, 0.05) is 6.42 Å².